The molecule has 0 N–H and O–H groups in total. The van der Waals surface area contributed by atoms with Crippen molar-refractivity contribution in [2.45, 2.75) is 77.7 Å². The number of nitrogens with zero attached hydrogens (tertiary/aromatic N) is 14. The van der Waals surface area contributed by atoms with Crippen LogP contribution in [0.15, 0.2) is 73.6 Å². The fourth-order valence-corrected chi connectivity index (χ4v) is 8.83. The van der Waals surface area contributed by atoms with Crippen molar-refractivity contribution < 1.29 is 18.3 Å². The van der Waals surface area contributed by atoms with Gasteiger partial charge in [-0.05, 0) is 53.7 Å². The number of halogens is 2. The molecule has 10 rings (SSSR count). The van der Waals surface area contributed by atoms with E-state index < -0.39 is 5.95 Å². The van der Waals surface area contributed by atoms with Crippen molar-refractivity contribution in [3.8, 4) is 23.3 Å². The van der Waals surface area contributed by atoms with Gasteiger partial charge in [0.15, 0.2) is 23.3 Å². The zero-order valence-electron chi connectivity index (χ0n) is 37.0. The van der Waals surface area contributed by atoms with Crippen LogP contribution in [-0.4, -0.2) is 114 Å². The molecule has 0 aliphatic carbocycles. The standard InChI is InChI=1S/2C23H26FN7O/c1-15-17-13-27-22(21-25-6-4-7-26-21)28-18(17)5-8-31(15)20-12-16(11-19(24)29-20)30-9-10-32-23(2,3)14-30;1-15-17-13-27-22(21-25-6-4-7-26-21)28-18(17)5-8-31(15)20-12-16(24)11-19(29-20)30-9-10-32-23(2,3)14-30/h2*4,6-7,11-13,15H,5,8-10,14H2,1-3H3. The molecule has 6 aromatic heterocycles. The van der Waals surface area contributed by atoms with Crippen LogP contribution in [0.2, 0.25) is 0 Å². The summed E-state index contributed by atoms with van der Waals surface area (Å²) >= 11 is 0. The van der Waals surface area contributed by atoms with E-state index in [1.165, 1.54) is 18.2 Å². The number of hydrogen-bond donors (Lipinski definition) is 0. The number of hydrogen-bond acceptors (Lipinski definition) is 16. The normalized spacial score (nSPS) is 20.2. The van der Waals surface area contributed by atoms with Gasteiger partial charge < -0.3 is 29.1 Å². The summed E-state index contributed by atoms with van der Waals surface area (Å²) in [7, 11) is 0. The third-order valence-corrected chi connectivity index (χ3v) is 12.0. The number of rotatable bonds is 6. The minimum atomic E-state index is -0.479. The van der Waals surface area contributed by atoms with Crippen LogP contribution in [-0.2, 0) is 22.3 Å². The van der Waals surface area contributed by atoms with Crippen molar-refractivity contribution in [3.05, 3.63) is 108 Å². The van der Waals surface area contributed by atoms with Gasteiger partial charge in [0.05, 0.1) is 47.9 Å². The van der Waals surface area contributed by atoms with Gasteiger partial charge in [-0.1, -0.05) is 0 Å². The van der Waals surface area contributed by atoms with Gasteiger partial charge in [0, 0.05) is 130 Å². The van der Waals surface area contributed by atoms with Gasteiger partial charge in [0.1, 0.15) is 23.3 Å². The molecule has 16 nitrogen and oxygen atoms in total. The lowest BCUT2D eigenvalue weighted by Crippen LogP contribution is -2.48. The highest BCUT2D eigenvalue weighted by atomic mass is 19.1. The molecular weight excluding hydrogens is 819 g/mol. The van der Waals surface area contributed by atoms with Crippen molar-refractivity contribution in [1.29, 1.82) is 0 Å². The summed E-state index contributed by atoms with van der Waals surface area (Å²) in [6.07, 6.45) is 11.8. The summed E-state index contributed by atoms with van der Waals surface area (Å²) in [5, 5.41) is 0. The van der Waals surface area contributed by atoms with E-state index in [1.807, 2.05) is 32.3 Å². The lowest BCUT2D eigenvalue weighted by atomic mass is 9.99. The highest BCUT2D eigenvalue weighted by Gasteiger charge is 2.33. The largest absolute Gasteiger partial charge is 0.372 e. The molecule has 6 aromatic rings. The smallest absolute Gasteiger partial charge is 0.216 e. The first-order chi connectivity index (χ1) is 30.8. The fourth-order valence-electron chi connectivity index (χ4n) is 8.83. The van der Waals surface area contributed by atoms with E-state index in [0.29, 0.717) is 99.5 Å². The minimum absolute atomic E-state index is 0.0345. The molecule has 2 saturated heterocycles. The number of fused-ring (bicyclic) bond motifs is 2. The third kappa shape index (κ3) is 9.29. The summed E-state index contributed by atoms with van der Waals surface area (Å²) in [6, 6.07) is 9.94. The van der Waals surface area contributed by atoms with E-state index in [4.69, 9.17) is 24.4 Å². The molecule has 2 unspecified atom stereocenters. The van der Waals surface area contributed by atoms with Gasteiger partial charge in [0.2, 0.25) is 5.95 Å². The first-order valence-corrected chi connectivity index (χ1v) is 21.7. The van der Waals surface area contributed by atoms with E-state index in [0.717, 1.165) is 34.7 Å². The molecule has 10 heterocycles. The lowest BCUT2D eigenvalue weighted by Gasteiger charge is -2.40. The average molecular weight is 871 g/mol. The number of anilines is 4. The maximum absolute atomic E-state index is 14.6. The van der Waals surface area contributed by atoms with Gasteiger partial charge >= 0.3 is 0 Å². The van der Waals surface area contributed by atoms with Gasteiger partial charge in [-0.15, -0.1) is 0 Å². The fraction of sp³-hybridized carbons (Fsp3) is 0.435. The van der Waals surface area contributed by atoms with Crippen LogP contribution in [0.1, 0.15) is 76.1 Å². The summed E-state index contributed by atoms with van der Waals surface area (Å²) in [5.41, 5.74) is 4.23. The zero-order valence-corrected chi connectivity index (χ0v) is 37.0. The molecule has 4 aliphatic heterocycles. The summed E-state index contributed by atoms with van der Waals surface area (Å²) in [4.78, 5) is 52.9. The Balaban J connectivity index is 0.000000162. The Morgan fingerprint density at radius 3 is 1.56 bits per heavy atom. The Kier molecular flexibility index (Phi) is 11.8. The van der Waals surface area contributed by atoms with Gasteiger partial charge in [0.25, 0.3) is 0 Å². The number of aromatic nitrogens is 10. The van der Waals surface area contributed by atoms with Crippen LogP contribution in [0, 0.1) is 11.8 Å². The Bertz CT molecular complexity index is 2430. The van der Waals surface area contributed by atoms with Crippen LogP contribution in [0.5, 0.6) is 0 Å². The first kappa shape index (κ1) is 42.9. The van der Waals surface area contributed by atoms with Gasteiger partial charge in [-0.25, -0.2) is 54.2 Å². The number of pyridine rings is 2. The second-order valence-corrected chi connectivity index (χ2v) is 17.6. The maximum Gasteiger partial charge on any atom is 0.216 e. The highest BCUT2D eigenvalue weighted by molar-refractivity contribution is 5.58. The van der Waals surface area contributed by atoms with Crippen LogP contribution < -0.4 is 19.6 Å². The second-order valence-electron chi connectivity index (χ2n) is 17.6. The van der Waals surface area contributed by atoms with Gasteiger partial charge in [-0.2, -0.15) is 4.39 Å². The molecule has 18 heteroatoms. The molecule has 0 amide bonds. The predicted octanol–water partition coefficient (Wildman–Crippen LogP) is 6.41. The molecule has 0 bridgehead atoms. The predicted molar refractivity (Wildman–Crippen MR) is 238 cm³/mol. The van der Waals surface area contributed by atoms with Crippen molar-refractivity contribution in [2.24, 2.45) is 0 Å². The first-order valence-electron chi connectivity index (χ1n) is 21.7. The maximum atomic E-state index is 14.6. The number of morpholine rings is 2. The Morgan fingerprint density at radius 1 is 0.547 bits per heavy atom. The molecular formula is C46H52F2N14O2. The Hall–Kier alpha value is -6.40. The van der Waals surface area contributed by atoms with Crippen molar-refractivity contribution in [3.63, 3.8) is 0 Å². The Morgan fingerprint density at radius 2 is 1.03 bits per heavy atom. The summed E-state index contributed by atoms with van der Waals surface area (Å²) in [5.74, 6) is 3.17. The highest BCUT2D eigenvalue weighted by Crippen LogP contribution is 2.36. The number of ether oxygens (including phenoxy) is 2. The molecule has 332 valence electrons. The monoisotopic (exact) mass is 870 g/mol. The van der Waals surface area contributed by atoms with Crippen LogP contribution in [0.3, 0.4) is 0 Å². The van der Waals surface area contributed by atoms with E-state index >= 15 is 0 Å². The van der Waals surface area contributed by atoms with Crippen LogP contribution >= 0.6 is 0 Å². The SMILES string of the molecule is CC1c2cnc(-c3ncccn3)nc2CCN1c1cc(F)cc(N2CCOC(C)(C)C2)n1.CC1c2cnc(-c3ncccn3)nc2CCN1c1cc(N2CCOC(C)(C)C2)cc(F)n1. The van der Waals surface area contributed by atoms with Crippen LogP contribution in [0.25, 0.3) is 23.3 Å². The zero-order chi connectivity index (χ0) is 44.6. The molecule has 0 aromatic carbocycles. The summed E-state index contributed by atoms with van der Waals surface area (Å²) < 4.78 is 40.8. The molecule has 0 radical (unpaired) electrons. The third-order valence-electron chi connectivity index (χ3n) is 12.0. The van der Waals surface area contributed by atoms with Crippen molar-refractivity contribution >= 4 is 23.1 Å². The van der Waals surface area contributed by atoms with E-state index in [2.05, 4.69) is 82.2 Å². The van der Waals surface area contributed by atoms with Crippen LogP contribution in [0.4, 0.5) is 31.9 Å². The van der Waals surface area contributed by atoms with E-state index in [1.54, 1.807) is 36.9 Å². The minimum Gasteiger partial charge on any atom is -0.372 e. The van der Waals surface area contributed by atoms with E-state index in [-0.39, 0.29) is 29.1 Å². The molecule has 0 spiro atoms. The van der Waals surface area contributed by atoms with Gasteiger partial charge in [-0.3, -0.25) is 0 Å². The van der Waals surface area contributed by atoms with Crippen molar-refractivity contribution in [1.82, 2.24) is 49.8 Å². The molecule has 4 aliphatic rings. The molecule has 2 atom stereocenters. The molecule has 2 fully saturated rings. The van der Waals surface area contributed by atoms with Crippen molar-refractivity contribution in [2.75, 3.05) is 72.1 Å². The topological polar surface area (TPSA) is 160 Å². The second kappa shape index (κ2) is 17.6. The summed E-state index contributed by atoms with van der Waals surface area (Å²) in [6.45, 7) is 17.7. The average Bonchev–Trinajstić information content (AvgIpc) is 3.29. The molecule has 64 heavy (non-hydrogen) atoms. The quantitative estimate of drug-likeness (QED) is 0.169. The lowest BCUT2D eigenvalue weighted by molar-refractivity contribution is -0.0281. The molecule has 0 saturated carbocycles. The van der Waals surface area contributed by atoms with E-state index in [9.17, 15) is 8.78 Å². The Labute approximate surface area is 371 Å².